The second kappa shape index (κ2) is 8.61. The molecule has 0 radical (unpaired) electrons. The van der Waals surface area contributed by atoms with Crippen LogP contribution in [0.1, 0.15) is 43.7 Å². The highest BCUT2D eigenvalue weighted by molar-refractivity contribution is 7.92. The summed E-state index contributed by atoms with van der Waals surface area (Å²) in [5.74, 6) is 0.462. The van der Waals surface area contributed by atoms with Crippen LogP contribution < -0.4 is 4.72 Å². The summed E-state index contributed by atoms with van der Waals surface area (Å²) < 4.78 is 27.6. The zero-order valence-electron chi connectivity index (χ0n) is 15.7. The van der Waals surface area contributed by atoms with Gasteiger partial charge in [0.1, 0.15) is 5.82 Å². The second-order valence-electron chi connectivity index (χ2n) is 7.04. The Hall–Kier alpha value is -2.28. The van der Waals surface area contributed by atoms with E-state index in [1.807, 2.05) is 17.0 Å². The summed E-state index contributed by atoms with van der Waals surface area (Å²) in [5.41, 5.74) is 1.90. The fraction of sp³-hybridized carbons (Fsp3) is 0.450. The van der Waals surface area contributed by atoms with Gasteiger partial charge in [0, 0.05) is 19.3 Å². The molecular formula is C20H27N3O3S. The number of nitrogens with zero attached hydrogens (tertiary/aromatic N) is 1. The number of aryl methyl sites for hydroxylation is 1. The number of amides is 1. The van der Waals surface area contributed by atoms with Crippen molar-refractivity contribution in [1.29, 1.82) is 0 Å². The van der Waals surface area contributed by atoms with Crippen molar-refractivity contribution in [1.82, 2.24) is 9.88 Å². The number of benzene rings is 1. The van der Waals surface area contributed by atoms with Crippen molar-refractivity contribution >= 4 is 21.7 Å². The van der Waals surface area contributed by atoms with Gasteiger partial charge >= 0.3 is 0 Å². The van der Waals surface area contributed by atoms with E-state index in [4.69, 9.17) is 0 Å². The van der Waals surface area contributed by atoms with E-state index in [-0.39, 0.29) is 17.2 Å². The highest BCUT2D eigenvalue weighted by atomic mass is 32.2. The highest BCUT2D eigenvalue weighted by Crippen LogP contribution is 2.18. The van der Waals surface area contributed by atoms with Crippen LogP contribution in [0.3, 0.4) is 0 Å². The lowest BCUT2D eigenvalue weighted by molar-refractivity contribution is -0.131. The maximum absolute atomic E-state index is 12.5. The molecule has 1 aliphatic rings. The van der Waals surface area contributed by atoms with Crippen LogP contribution in [0.4, 0.5) is 5.82 Å². The first-order valence-corrected chi connectivity index (χ1v) is 11.0. The summed E-state index contributed by atoms with van der Waals surface area (Å²) in [6, 6.07) is 8.62. The molecule has 0 unspecified atom stereocenters. The molecule has 1 aromatic heterocycles. The van der Waals surface area contributed by atoms with E-state index in [1.54, 1.807) is 24.4 Å². The number of hydrogen-bond donors (Lipinski definition) is 2. The molecule has 146 valence electrons. The zero-order valence-corrected chi connectivity index (χ0v) is 16.5. The van der Waals surface area contributed by atoms with E-state index < -0.39 is 10.0 Å². The second-order valence-corrected chi connectivity index (χ2v) is 8.72. The van der Waals surface area contributed by atoms with Gasteiger partial charge in [-0.15, -0.1) is 0 Å². The predicted octanol–water partition coefficient (Wildman–Crippen LogP) is 3.32. The lowest BCUT2D eigenvalue weighted by atomic mass is 10.1. The SMILES string of the molecule is CCCc1ccc(S(=O)(=O)Nc2cc(CC(=O)N3CCCCC3)c[nH]2)cc1. The van der Waals surface area contributed by atoms with Crippen LogP contribution in [0.25, 0.3) is 0 Å². The van der Waals surface area contributed by atoms with E-state index in [0.717, 1.165) is 49.9 Å². The summed E-state index contributed by atoms with van der Waals surface area (Å²) >= 11 is 0. The number of H-pyrrole nitrogens is 1. The fourth-order valence-electron chi connectivity index (χ4n) is 3.36. The molecule has 2 aromatic rings. The largest absolute Gasteiger partial charge is 0.347 e. The van der Waals surface area contributed by atoms with Gasteiger partial charge in [-0.25, -0.2) is 8.42 Å². The Bertz CT molecular complexity index is 866. The number of likely N-dealkylation sites (tertiary alicyclic amines) is 1. The number of hydrogen-bond acceptors (Lipinski definition) is 3. The standard InChI is InChI=1S/C20H27N3O3S/c1-2-6-16-7-9-18(10-8-16)27(25,26)22-19-13-17(15-21-19)14-20(24)23-11-4-3-5-12-23/h7-10,13,15,21-22H,2-6,11-12,14H2,1H3. The average Bonchev–Trinajstić information content (AvgIpc) is 3.09. The first-order valence-electron chi connectivity index (χ1n) is 9.55. The third-order valence-electron chi connectivity index (χ3n) is 4.82. The number of nitrogens with one attached hydrogen (secondary N) is 2. The van der Waals surface area contributed by atoms with Crippen LogP contribution in [0.5, 0.6) is 0 Å². The van der Waals surface area contributed by atoms with E-state index in [2.05, 4.69) is 16.6 Å². The van der Waals surface area contributed by atoms with Crippen LogP contribution in [0.2, 0.25) is 0 Å². The van der Waals surface area contributed by atoms with E-state index in [0.29, 0.717) is 5.82 Å². The van der Waals surface area contributed by atoms with Gasteiger partial charge in [0.05, 0.1) is 11.3 Å². The van der Waals surface area contributed by atoms with Crippen LogP contribution in [-0.2, 0) is 27.7 Å². The first kappa shape index (κ1) is 19.5. The molecule has 0 bridgehead atoms. The van der Waals surface area contributed by atoms with Gasteiger partial charge < -0.3 is 9.88 Å². The predicted molar refractivity (Wildman–Crippen MR) is 106 cm³/mol. The van der Waals surface area contributed by atoms with Gasteiger partial charge in [0.2, 0.25) is 5.91 Å². The van der Waals surface area contributed by atoms with Gasteiger partial charge in [-0.1, -0.05) is 25.5 Å². The lowest BCUT2D eigenvalue weighted by Gasteiger charge is -2.26. The molecule has 2 heterocycles. The van der Waals surface area contributed by atoms with Gasteiger partial charge in [-0.05, 0) is 55.0 Å². The van der Waals surface area contributed by atoms with Crippen LogP contribution in [-0.4, -0.2) is 37.3 Å². The minimum Gasteiger partial charge on any atom is -0.347 e. The number of carbonyl (C=O) groups excluding carboxylic acids is 1. The molecule has 7 heteroatoms. The summed E-state index contributed by atoms with van der Waals surface area (Å²) in [6.07, 6.45) is 7.21. The number of aromatic amines is 1. The van der Waals surface area contributed by atoms with Crippen LogP contribution in [0.15, 0.2) is 41.4 Å². The Morgan fingerprint density at radius 1 is 1.11 bits per heavy atom. The third-order valence-corrected chi connectivity index (χ3v) is 6.20. The summed E-state index contributed by atoms with van der Waals surface area (Å²) in [7, 11) is -3.66. The molecule has 1 fully saturated rings. The van der Waals surface area contributed by atoms with E-state index >= 15 is 0 Å². The molecule has 0 atom stereocenters. The summed E-state index contributed by atoms with van der Waals surface area (Å²) in [6.45, 7) is 3.72. The molecule has 0 spiro atoms. The molecule has 1 saturated heterocycles. The quantitative estimate of drug-likeness (QED) is 0.762. The number of rotatable bonds is 7. The molecular weight excluding hydrogens is 362 g/mol. The molecule has 3 rings (SSSR count). The Labute approximate surface area is 161 Å². The monoisotopic (exact) mass is 389 g/mol. The smallest absolute Gasteiger partial charge is 0.262 e. The van der Waals surface area contributed by atoms with E-state index in [9.17, 15) is 13.2 Å². The number of anilines is 1. The molecule has 1 aliphatic heterocycles. The normalized spacial score (nSPS) is 14.9. The molecule has 1 aromatic carbocycles. The van der Waals surface area contributed by atoms with Crippen molar-refractivity contribution in [2.75, 3.05) is 17.8 Å². The number of aromatic nitrogens is 1. The Morgan fingerprint density at radius 2 is 1.81 bits per heavy atom. The minimum atomic E-state index is -3.66. The molecule has 0 saturated carbocycles. The van der Waals surface area contributed by atoms with Gasteiger partial charge in [-0.3, -0.25) is 9.52 Å². The van der Waals surface area contributed by atoms with Crippen molar-refractivity contribution in [3.8, 4) is 0 Å². The van der Waals surface area contributed by atoms with Crippen molar-refractivity contribution in [2.24, 2.45) is 0 Å². The Kier molecular flexibility index (Phi) is 6.21. The molecule has 27 heavy (non-hydrogen) atoms. The average molecular weight is 390 g/mol. The number of sulfonamides is 1. The maximum atomic E-state index is 12.5. The zero-order chi connectivity index (χ0) is 19.3. The van der Waals surface area contributed by atoms with Crippen molar-refractivity contribution in [3.05, 3.63) is 47.7 Å². The maximum Gasteiger partial charge on any atom is 0.262 e. The first-order chi connectivity index (χ1) is 13.0. The fourth-order valence-corrected chi connectivity index (χ4v) is 4.38. The van der Waals surface area contributed by atoms with Crippen LogP contribution in [0, 0.1) is 0 Å². The molecule has 6 nitrogen and oxygen atoms in total. The summed E-state index contributed by atoms with van der Waals surface area (Å²) in [5, 5.41) is 0. The van der Waals surface area contributed by atoms with Gasteiger partial charge in [0.15, 0.2) is 0 Å². The molecule has 1 amide bonds. The number of carbonyl (C=O) groups is 1. The van der Waals surface area contributed by atoms with Crippen LogP contribution >= 0.6 is 0 Å². The molecule has 0 aliphatic carbocycles. The van der Waals surface area contributed by atoms with Gasteiger partial charge in [0.25, 0.3) is 10.0 Å². The Morgan fingerprint density at radius 3 is 2.48 bits per heavy atom. The third kappa shape index (κ3) is 5.13. The minimum absolute atomic E-state index is 0.0922. The van der Waals surface area contributed by atoms with Crippen molar-refractivity contribution in [2.45, 2.75) is 50.3 Å². The molecule has 2 N–H and O–H groups in total. The number of piperidine rings is 1. The van der Waals surface area contributed by atoms with E-state index in [1.165, 1.54) is 6.42 Å². The summed E-state index contributed by atoms with van der Waals surface area (Å²) in [4.78, 5) is 17.4. The topological polar surface area (TPSA) is 82.3 Å². The Balaban J connectivity index is 1.62. The highest BCUT2D eigenvalue weighted by Gasteiger charge is 2.19. The van der Waals surface area contributed by atoms with Crippen molar-refractivity contribution in [3.63, 3.8) is 0 Å². The van der Waals surface area contributed by atoms with Crippen molar-refractivity contribution < 1.29 is 13.2 Å². The van der Waals surface area contributed by atoms with Gasteiger partial charge in [-0.2, -0.15) is 0 Å². The lowest BCUT2D eigenvalue weighted by Crippen LogP contribution is -2.36.